The number of hydrogen-bond donors (Lipinski definition) is 1. The van der Waals surface area contributed by atoms with Gasteiger partial charge in [0.05, 0.1) is 17.6 Å². The Balaban J connectivity index is 1.69. The van der Waals surface area contributed by atoms with Gasteiger partial charge in [0.2, 0.25) is 5.91 Å². The van der Waals surface area contributed by atoms with Gasteiger partial charge in [-0.2, -0.15) is 0 Å². The zero-order valence-corrected chi connectivity index (χ0v) is 21.1. The molecule has 2 heterocycles. The maximum absolute atomic E-state index is 13.8. The molecule has 0 saturated carbocycles. The van der Waals surface area contributed by atoms with Crippen LogP contribution in [0, 0.1) is 6.92 Å². The molecule has 36 heavy (non-hydrogen) atoms. The standard InChI is InChI=1S/C28H26N4O3S/c1-18-12-13-23-22(14-18)25-26(30(23)2)27(34)32(16-19-8-5-4-6-9-19)28(35)31(25)17-24(33)29-20-10-7-11-21(15-20)36-3/h4-15H,16-17H2,1-3H3,(H,29,33). The van der Waals surface area contributed by atoms with Gasteiger partial charge in [-0.05, 0) is 49.1 Å². The normalized spacial score (nSPS) is 11.3. The minimum absolute atomic E-state index is 0.117. The van der Waals surface area contributed by atoms with Crippen molar-refractivity contribution in [3.05, 3.63) is 105 Å². The lowest BCUT2D eigenvalue weighted by molar-refractivity contribution is -0.116. The van der Waals surface area contributed by atoms with Crippen molar-refractivity contribution in [1.82, 2.24) is 13.7 Å². The van der Waals surface area contributed by atoms with E-state index in [0.717, 1.165) is 26.9 Å². The van der Waals surface area contributed by atoms with Crippen molar-refractivity contribution < 1.29 is 4.79 Å². The molecule has 5 aromatic rings. The van der Waals surface area contributed by atoms with Gasteiger partial charge in [-0.3, -0.25) is 18.7 Å². The van der Waals surface area contributed by atoms with E-state index in [2.05, 4.69) is 5.32 Å². The first-order valence-corrected chi connectivity index (χ1v) is 12.8. The summed E-state index contributed by atoms with van der Waals surface area (Å²) in [5.41, 5.74) is 3.29. The van der Waals surface area contributed by atoms with E-state index in [1.54, 1.807) is 11.8 Å². The largest absolute Gasteiger partial charge is 0.338 e. The smallest absolute Gasteiger partial charge is 0.332 e. The van der Waals surface area contributed by atoms with Crippen molar-refractivity contribution in [3.8, 4) is 0 Å². The van der Waals surface area contributed by atoms with Crippen molar-refractivity contribution in [2.24, 2.45) is 7.05 Å². The molecule has 0 bridgehead atoms. The Hall–Kier alpha value is -4.04. The van der Waals surface area contributed by atoms with Gasteiger partial charge in [0, 0.05) is 23.0 Å². The Bertz CT molecular complexity index is 1730. The number of nitrogens with zero attached hydrogens (tertiary/aromatic N) is 3. The summed E-state index contributed by atoms with van der Waals surface area (Å²) in [6.07, 6.45) is 1.97. The predicted octanol–water partition coefficient (Wildman–Crippen LogP) is 4.37. The molecule has 0 aliphatic carbocycles. The lowest BCUT2D eigenvalue weighted by Gasteiger charge is -2.14. The highest BCUT2D eigenvalue weighted by Gasteiger charge is 2.22. The fourth-order valence-corrected chi connectivity index (χ4v) is 5.07. The molecule has 2 aromatic heterocycles. The number of rotatable bonds is 6. The summed E-state index contributed by atoms with van der Waals surface area (Å²) in [7, 11) is 1.82. The molecule has 1 amide bonds. The lowest BCUT2D eigenvalue weighted by Crippen LogP contribution is -2.42. The molecule has 182 valence electrons. The minimum atomic E-state index is -0.515. The second kappa shape index (κ2) is 9.54. The Labute approximate surface area is 212 Å². The van der Waals surface area contributed by atoms with Crippen LogP contribution < -0.4 is 16.6 Å². The molecule has 0 spiro atoms. The lowest BCUT2D eigenvalue weighted by atomic mass is 10.1. The van der Waals surface area contributed by atoms with E-state index in [0.29, 0.717) is 16.7 Å². The molecular formula is C28H26N4O3S. The van der Waals surface area contributed by atoms with Crippen LogP contribution in [0.25, 0.3) is 21.9 Å². The molecule has 0 fully saturated rings. The molecule has 5 rings (SSSR count). The average Bonchev–Trinajstić information content (AvgIpc) is 3.16. The SMILES string of the molecule is CSc1cccc(NC(=O)Cn2c(=O)n(Cc3ccccc3)c(=O)c3c2c2cc(C)ccc2n3C)c1. The highest BCUT2D eigenvalue weighted by Crippen LogP contribution is 2.26. The first-order valence-electron chi connectivity index (χ1n) is 11.6. The third kappa shape index (κ3) is 4.24. The summed E-state index contributed by atoms with van der Waals surface area (Å²) >= 11 is 1.58. The van der Waals surface area contributed by atoms with Gasteiger partial charge in [-0.1, -0.05) is 48.0 Å². The highest BCUT2D eigenvalue weighted by molar-refractivity contribution is 7.98. The number of aromatic nitrogens is 3. The van der Waals surface area contributed by atoms with E-state index in [1.807, 2.05) is 97.6 Å². The molecular weight excluding hydrogens is 472 g/mol. The molecule has 1 N–H and O–H groups in total. The number of carbonyl (C=O) groups is 1. The molecule has 0 aliphatic rings. The van der Waals surface area contributed by atoms with Crippen molar-refractivity contribution >= 4 is 45.3 Å². The quantitative estimate of drug-likeness (QED) is 0.353. The van der Waals surface area contributed by atoms with Crippen LogP contribution in [0.2, 0.25) is 0 Å². The average molecular weight is 499 g/mol. The molecule has 8 heteroatoms. The first kappa shape index (κ1) is 23.7. The molecule has 7 nitrogen and oxygen atoms in total. The first-order chi connectivity index (χ1) is 17.4. The summed E-state index contributed by atoms with van der Waals surface area (Å²) in [6.45, 7) is 1.86. The van der Waals surface area contributed by atoms with E-state index in [4.69, 9.17) is 0 Å². The van der Waals surface area contributed by atoms with Crippen LogP contribution in [0.4, 0.5) is 5.69 Å². The zero-order chi connectivity index (χ0) is 25.4. The van der Waals surface area contributed by atoms with Gasteiger partial charge in [0.15, 0.2) is 0 Å². The molecule has 0 radical (unpaired) electrons. The molecule has 3 aromatic carbocycles. The summed E-state index contributed by atoms with van der Waals surface area (Å²) in [5.74, 6) is -0.341. The van der Waals surface area contributed by atoms with Crippen molar-refractivity contribution in [2.75, 3.05) is 11.6 Å². The molecule has 0 saturated heterocycles. The van der Waals surface area contributed by atoms with Crippen LogP contribution in [-0.2, 0) is 24.9 Å². The Morgan fingerprint density at radius 2 is 1.69 bits per heavy atom. The Morgan fingerprint density at radius 1 is 0.917 bits per heavy atom. The number of aryl methyl sites for hydroxylation is 2. The van der Waals surface area contributed by atoms with Gasteiger partial charge >= 0.3 is 5.69 Å². The van der Waals surface area contributed by atoms with Gasteiger partial charge in [-0.15, -0.1) is 11.8 Å². The Kier molecular flexibility index (Phi) is 6.28. The van der Waals surface area contributed by atoms with Gasteiger partial charge in [0.25, 0.3) is 5.56 Å². The van der Waals surface area contributed by atoms with Crippen LogP contribution in [-0.4, -0.2) is 25.9 Å². The van der Waals surface area contributed by atoms with Crippen molar-refractivity contribution in [2.45, 2.75) is 24.9 Å². The van der Waals surface area contributed by atoms with E-state index < -0.39 is 5.69 Å². The fourth-order valence-electron chi connectivity index (χ4n) is 4.61. The second-order valence-corrected chi connectivity index (χ2v) is 9.68. The van der Waals surface area contributed by atoms with Gasteiger partial charge < -0.3 is 9.88 Å². The summed E-state index contributed by atoms with van der Waals surface area (Å²) < 4.78 is 4.45. The summed E-state index contributed by atoms with van der Waals surface area (Å²) in [5, 5.41) is 3.67. The van der Waals surface area contributed by atoms with Crippen LogP contribution in [0.3, 0.4) is 0 Å². The zero-order valence-electron chi connectivity index (χ0n) is 20.3. The molecule has 0 aliphatic heterocycles. The topological polar surface area (TPSA) is 78.0 Å². The number of nitrogens with one attached hydrogen (secondary N) is 1. The summed E-state index contributed by atoms with van der Waals surface area (Å²) in [4.78, 5) is 41.6. The van der Waals surface area contributed by atoms with Crippen LogP contribution in [0.15, 0.2) is 87.3 Å². The number of thioether (sulfide) groups is 1. The Morgan fingerprint density at radius 3 is 2.44 bits per heavy atom. The van der Waals surface area contributed by atoms with Crippen LogP contribution in [0.5, 0.6) is 0 Å². The molecule has 0 atom stereocenters. The van der Waals surface area contributed by atoms with Crippen molar-refractivity contribution in [1.29, 1.82) is 0 Å². The van der Waals surface area contributed by atoms with E-state index >= 15 is 0 Å². The maximum atomic E-state index is 13.8. The van der Waals surface area contributed by atoms with E-state index in [-0.39, 0.29) is 24.6 Å². The van der Waals surface area contributed by atoms with Crippen LogP contribution >= 0.6 is 11.8 Å². The van der Waals surface area contributed by atoms with Crippen LogP contribution in [0.1, 0.15) is 11.1 Å². The fraction of sp³-hybridized carbons (Fsp3) is 0.179. The third-order valence-corrected chi connectivity index (χ3v) is 7.07. The maximum Gasteiger partial charge on any atom is 0.332 e. The monoisotopic (exact) mass is 498 g/mol. The minimum Gasteiger partial charge on any atom is -0.338 e. The second-order valence-electron chi connectivity index (χ2n) is 8.80. The molecule has 0 unspecified atom stereocenters. The number of hydrogen-bond acceptors (Lipinski definition) is 4. The highest BCUT2D eigenvalue weighted by atomic mass is 32.2. The van der Waals surface area contributed by atoms with E-state index in [1.165, 1.54) is 9.13 Å². The number of fused-ring (bicyclic) bond motifs is 3. The summed E-state index contributed by atoms with van der Waals surface area (Å²) in [6, 6.07) is 22.8. The van der Waals surface area contributed by atoms with Gasteiger partial charge in [0.1, 0.15) is 12.1 Å². The number of carbonyl (C=O) groups excluding carboxylic acids is 1. The van der Waals surface area contributed by atoms with Crippen molar-refractivity contribution in [3.63, 3.8) is 0 Å². The van der Waals surface area contributed by atoms with E-state index in [9.17, 15) is 14.4 Å². The number of amides is 1. The number of anilines is 1. The number of benzene rings is 3. The van der Waals surface area contributed by atoms with Gasteiger partial charge in [-0.25, -0.2) is 4.79 Å². The third-order valence-electron chi connectivity index (χ3n) is 6.35. The predicted molar refractivity (Wildman–Crippen MR) is 146 cm³/mol.